The molecule has 0 unspecified atom stereocenters. The zero-order valence-electron chi connectivity index (χ0n) is 23.1. The number of ether oxygens (including phenoxy) is 2. The third-order valence-corrected chi connectivity index (χ3v) is 5.59. The second-order valence-corrected chi connectivity index (χ2v) is 8.48. The molecular formula is C28H26N6O10. The highest BCUT2D eigenvalue weighted by Crippen LogP contribution is 2.30. The van der Waals surface area contributed by atoms with Crippen LogP contribution >= 0.6 is 0 Å². The summed E-state index contributed by atoms with van der Waals surface area (Å²) in [7, 11) is 2.95. The molecular weight excluding hydrogens is 580 g/mol. The molecule has 0 heterocycles. The number of phenols is 2. The lowest BCUT2D eigenvalue weighted by Gasteiger charge is -2.11. The molecule has 16 nitrogen and oxygen atoms in total. The highest BCUT2D eigenvalue weighted by atomic mass is 16.6. The number of benzene rings is 4. The monoisotopic (exact) mass is 606 g/mol. The molecule has 44 heavy (non-hydrogen) atoms. The zero-order valence-corrected chi connectivity index (χ0v) is 23.1. The average molecular weight is 607 g/mol. The maximum atomic E-state index is 11.9. The van der Waals surface area contributed by atoms with Crippen molar-refractivity contribution in [3.05, 3.63) is 105 Å². The van der Waals surface area contributed by atoms with E-state index in [-0.39, 0.29) is 22.7 Å². The van der Waals surface area contributed by atoms with Crippen LogP contribution in [0.3, 0.4) is 0 Å². The minimum atomic E-state index is -0.640. The Labute approximate surface area is 249 Å². The predicted octanol–water partition coefficient (Wildman–Crippen LogP) is 5.91. The number of nitro benzene ring substituents is 2. The van der Waals surface area contributed by atoms with Crippen molar-refractivity contribution in [1.29, 1.82) is 0 Å². The van der Waals surface area contributed by atoms with Crippen molar-refractivity contribution in [1.82, 2.24) is 0 Å². The number of urea groups is 2. The largest absolute Gasteiger partial charge is 0.506 e. The van der Waals surface area contributed by atoms with Gasteiger partial charge >= 0.3 is 12.1 Å². The molecule has 0 saturated carbocycles. The standard InChI is InChI=1S/2C14H13N3O5/c2*1-22-13-5-3-2-4-11(13)16-14(19)15-10-7-6-9(17(20)21)8-12(10)18/h2*2-8,18H,1H3,(H2,15,16,19). The van der Waals surface area contributed by atoms with Gasteiger partial charge in [0.25, 0.3) is 11.4 Å². The zero-order chi connectivity index (χ0) is 32.2. The number of anilines is 4. The first-order chi connectivity index (χ1) is 21.0. The van der Waals surface area contributed by atoms with Gasteiger partial charge in [0.15, 0.2) is 0 Å². The van der Waals surface area contributed by atoms with E-state index in [2.05, 4.69) is 21.3 Å². The number of amides is 4. The van der Waals surface area contributed by atoms with Crippen LogP contribution in [0.5, 0.6) is 23.0 Å². The van der Waals surface area contributed by atoms with E-state index in [1.54, 1.807) is 48.5 Å². The molecule has 6 N–H and O–H groups in total. The fraction of sp³-hybridized carbons (Fsp3) is 0.0714. The van der Waals surface area contributed by atoms with E-state index in [4.69, 9.17) is 9.47 Å². The molecule has 228 valence electrons. The Balaban J connectivity index is 0.000000240. The number of carbonyl (C=O) groups excluding carboxylic acids is 2. The summed E-state index contributed by atoms with van der Waals surface area (Å²) < 4.78 is 10.2. The second-order valence-electron chi connectivity index (χ2n) is 8.48. The van der Waals surface area contributed by atoms with Gasteiger partial charge in [-0.25, -0.2) is 9.59 Å². The van der Waals surface area contributed by atoms with Crippen LogP contribution in [-0.2, 0) is 0 Å². The van der Waals surface area contributed by atoms with Gasteiger partial charge in [0.2, 0.25) is 0 Å². The quantitative estimate of drug-likeness (QED) is 0.0789. The van der Waals surface area contributed by atoms with E-state index in [9.17, 15) is 40.0 Å². The normalized spacial score (nSPS) is 9.86. The third-order valence-electron chi connectivity index (χ3n) is 5.59. The number of para-hydroxylation sites is 4. The minimum absolute atomic E-state index is 0.0537. The fourth-order valence-electron chi connectivity index (χ4n) is 3.53. The molecule has 0 radical (unpaired) electrons. The number of methoxy groups -OCH3 is 2. The fourth-order valence-corrected chi connectivity index (χ4v) is 3.53. The lowest BCUT2D eigenvalue weighted by Crippen LogP contribution is -2.19. The summed E-state index contributed by atoms with van der Waals surface area (Å²) in [5.74, 6) is 0.157. The maximum Gasteiger partial charge on any atom is 0.323 e. The number of aromatic hydroxyl groups is 2. The van der Waals surface area contributed by atoms with Gasteiger partial charge in [-0.05, 0) is 36.4 Å². The molecule has 4 rings (SSSR count). The first-order valence-electron chi connectivity index (χ1n) is 12.4. The summed E-state index contributed by atoms with van der Waals surface area (Å²) >= 11 is 0. The average Bonchev–Trinajstić information content (AvgIpc) is 3.00. The number of carbonyl (C=O) groups is 2. The second kappa shape index (κ2) is 14.9. The van der Waals surface area contributed by atoms with Gasteiger partial charge in [-0.2, -0.15) is 0 Å². The summed E-state index contributed by atoms with van der Waals surface area (Å²) in [5.41, 5.74) is 0.463. The van der Waals surface area contributed by atoms with Crippen molar-refractivity contribution in [3.8, 4) is 23.0 Å². The van der Waals surface area contributed by atoms with Gasteiger partial charge in [0.1, 0.15) is 23.0 Å². The molecule has 0 spiro atoms. The predicted molar refractivity (Wildman–Crippen MR) is 161 cm³/mol. The van der Waals surface area contributed by atoms with Gasteiger partial charge in [-0.3, -0.25) is 20.2 Å². The number of nitro groups is 2. The van der Waals surface area contributed by atoms with E-state index in [1.807, 2.05) is 0 Å². The molecule has 0 bridgehead atoms. The van der Waals surface area contributed by atoms with Crippen molar-refractivity contribution in [2.45, 2.75) is 0 Å². The van der Waals surface area contributed by atoms with Gasteiger partial charge in [0.05, 0.1) is 58.9 Å². The number of rotatable bonds is 8. The Morgan fingerprint density at radius 1 is 0.591 bits per heavy atom. The lowest BCUT2D eigenvalue weighted by atomic mass is 10.2. The molecule has 0 aliphatic carbocycles. The van der Waals surface area contributed by atoms with Crippen LogP contribution in [0.25, 0.3) is 0 Å². The summed E-state index contributed by atoms with van der Waals surface area (Å²) in [4.78, 5) is 43.7. The van der Waals surface area contributed by atoms with Crippen molar-refractivity contribution in [2.75, 3.05) is 35.5 Å². The number of hydrogen-bond donors (Lipinski definition) is 6. The van der Waals surface area contributed by atoms with Crippen LogP contribution in [0.15, 0.2) is 84.9 Å². The van der Waals surface area contributed by atoms with Crippen LogP contribution in [0.1, 0.15) is 0 Å². The van der Waals surface area contributed by atoms with Crippen LogP contribution in [0, 0.1) is 20.2 Å². The molecule has 16 heteroatoms. The van der Waals surface area contributed by atoms with E-state index in [0.717, 1.165) is 12.1 Å². The summed E-state index contributed by atoms with van der Waals surface area (Å²) in [5, 5.41) is 50.4. The summed E-state index contributed by atoms with van der Waals surface area (Å²) in [6, 6.07) is 19.1. The molecule has 0 fully saturated rings. The van der Waals surface area contributed by atoms with E-state index in [0.29, 0.717) is 22.9 Å². The Morgan fingerprint density at radius 3 is 1.25 bits per heavy atom. The number of non-ortho nitro benzene ring substituents is 2. The molecule has 0 saturated heterocycles. The number of phenolic OH excluding ortho intramolecular Hbond substituents is 2. The number of nitrogens with zero attached hydrogens (tertiary/aromatic N) is 2. The van der Waals surface area contributed by atoms with Crippen molar-refractivity contribution in [2.24, 2.45) is 0 Å². The first-order valence-corrected chi connectivity index (χ1v) is 12.4. The van der Waals surface area contributed by atoms with E-state index < -0.39 is 33.4 Å². The molecule has 4 aromatic rings. The lowest BCUT2D eigenvalue weighted by molar-refractivity contribution is -0.385. The Hall–Kier alpha value is -6.58. The highest BCUT2D eigenvalue weighted by Gasteiger charge is 2.14. The number of hydrogen-bond acceptors (Lipinski definition) is 10. The molecule has 0 aromatic heterocycles. The number of nitrogens with one attached hydrogen (secondary N) is 4. The van der Waals surface area contributed by atoms with Gasteiger partial charge in [0, 0.05) is 12.1 Å². The SMILES string of the molecule is COc1ccccc1NC(=O)Nc1ccc([N+](=O)[O-])cc1O.COc1ccccc1NC(=O)Nc1ccc([N+](=O)[O-])cc1O. The van der Waals surface area contributed by atoms with Gasteiger partial charge in [-0.1, -0.05) is 24.3 Å². The van der Waals surface area contributed by atoms with Crippen molar-refractivity contribution in [3.63, 3.8) is 0 Å². The van der Waals surface area contributed by atoms with Gasteiger partial charge in [-0.15, -0.1) is 0 Å². The van der Waals surface area contributed by atoms with E-state index >= 15 is 0 Å². The van der Waals surface area contributed by atoms with Crippen LogP contribution < -0.4 is 30.7 Å². The Kier molecular flexibility index (Phi) is 10.8. The highest BCUT2D eigenvalue weighted by molar-refractivity contribution is 6.02. The Bertz CT molecular complexity index is 1560. The maximum absolute atomic E-state index is 11.9. The topological polar surface area (TPSA) is 227 Å². The third kappa shape index (κ3) is 8.71. The smallest absolute Gasteiger partial charge is 0.323 e. The van der Waals surface area contributed by atoms with Crippen LogP contribution in [0.4, 0.5) is 43.7 Å². The molecule has 0 aliphatic heterocycles. The molecule has 0 atom stereocenters. The van der Waals surface area contributed by atoms with Crippen molar-refractivity contribution < 1.29 is 39.1 Å². The first kappa shape index (κ1) is 31.9. The van der Waals surface area contributed by atoms with Crippen molar-refractivity contribution >= 4 is 46.2 Å². The van der Waals surface area contributed by atoms with E-state index in [1.165, 1.54) is 38.5 Å². The minimum Gasteiger partial charge on any atom is -0.506 e. The molecule has 0 aliphatic rings. The van der Waals surface area contributed by atoms with Crippen LogP contribution in [-0.4, -0.2) is 46.3 Å². The molecule has 4 aromatic carbocycles. The summed E-state index contributed by atoms with van der Waals surface area (Å²) in [6.45, 7) is 0. The molecule has 4 amide bonds. The summed E-state index contributed by atoms with van der Waals surface area (Å²) in [6.07, 6.45) is 0. The van der Waals surface area contributed by atoms with Gasteiger partial charge < -0.3 is 41.0 Å². The Morgan fingerprint density at radius 2 is 0.932 bits per heavy atom. The van der Waals surface area contributed by atoms with Crippen LogP contribution in [0.2, 0.25) is 0 Å².